The van der Waals surface area contributed by atoms with Gasteiger partial charge in [-0.3, -0.25) is 0 Å². The van der Waals surface area contributed by atoms with Crippen molar-refractivity contribution in [2.45, 2.75) is 67.2 Å². The highest BCUT2D eigenvalue weighted by Crippen LogP contribution is 2.53. The monoisotopic (exact) mass is 212 g/mol. The van der Waals surface area contributed by atoms with Crippen molar-refractivity contribution in [1.82, 2.24) is 0 Å². The Morgan fingerprint density at radius 2 is 1.40 bits per heavy atom. The fourth-order valence-electron chi connectivity index (χ4n) is 3.38. The van der Waals surface area contributed by atoms with Gasteiger partial charge in [-0.05, 0) is 23.7 Å². The van der Waals surface area contributed by atoms with Crippen molar-refractivity contribution in [1.29, 1.82) is 0 Å². The molecule has 0 aliphatic carbocycles. The quantitative estimate of drug-likeness (QED) is 0.570. The molecule has 0 bridgehead atoms. The Kier molecular flexibility index (Phi) is 5.55. The van der Waals surface area contributed by atoms with E-state index >= 15 is 0 Å². The zero-order chi connectivity index (χ0) is 12.1. The van der Waals surface area contributed by atoms with Crippen molar-refractivity contribution < 1.29 is 4.79 Å². The Balaban J connectivity index is 5.32. The standard InChI is InChI=1S/C14H28O/c1-7-13(6,8-2)14(9-3,10-4)12(5)11-15/h11-12H,7-10H2,1-6H3. The summed E-state index contributed by atoms with van der Waals surface area (Å²) in [5, 5.41) is 0. The Morgan fingerprint density at radius 3 is 1.60 bits per heavy atom. The van der Waals surface area contributed by atoms with Crippen molar-refractivity contribution in [3.8, 4) is 0 Å². The van der Waals surface area contributed by atoms with Gasteiger partial charge in [0.25, 0.3) is 0 Å². The third-order valence-electron chi connectivity index (χ3n) is 5.10. The summed E-state index contributed by atoms with van der Waals surface area (Å²) in [5.74, 6) is 0.164. The van der Waals surface area contributed by atoms with Crippen LogP contribution in [-0.4, -0.2) is 6.29 Å². The molecule has 1 heteroatoms. The molecule has 0 aromatic heterocycles. The third kappa shape index (κ3) is 2.26. The van der Waals surface area contributed by atoms with Crippen molar-refractivity contribution in [3.63, 3.8) is 0 Å². The number of aldehydes is 1. The topological polar surface area (TPSA) is 17.1 Å². The van der Waals surface area contributed by atoms with Gasteiger partial charge < -0.3 is 4.79 Å². The second-order valence-corrected chi connectivity index (χ2v) is 5.06. The highest BCUT2D eigenvalue weighted by molar-refractivity contribution is 5.54. The maximum absolute atomic E-state index is 11.1. The lowest BCUT2D eigenvalue weighted by molar-refractivity contribution is -0.120. The smallest absolute Gasteiger partial charge is 0.123 e. The second-order valence-electron chi connectivity index (χ2n) is 5.06. The zero-order valence-corrected chi connectivity index (χ0v) is 11.4. The van der Waals surface area contributed by atoms with Crippen molar-refractivity contribution in [3.05, 3.63) is 0 Å². The molecule has 0 saturated heterocycles. The molecule has 0 saturated carbocycles. The van der Waals surface area contributed by atoms with Crippen LogP contribution in [0.2, 0.25) is 0 Å². The van der Waals surface area contributed by atoms with Crippen LogP contribution in [0.15, 0.2) is 0 Å². The molecule has 0 radical (unpaired) electrons. The maximum atomic E-state index is 11.1. The van der Waals surface area contributed by atoms with Crippen LogP contribution in [0.3, 0.4) is 0 Å². The Hall–Kier alpha value is -0.330. The van der Waals surface area contributed by atoms with E-state index < -0.39 is 0 Å². The molecule has 1 nitrogen and oxygen atoms in total. The minimum absolute atomic E-state index is 0.164. The summed E-state index contributed by atoms with van der Waals surface area (Å²) in [5.41, 5.74) is 0.467. The minimum atomic E-state index is 0.164. The molecule has 0 rings (SSSR count). The molecule has 1 atom stereocenters. The molecule has 0 aromatic carbocycles. The van der Waals surface area contributed by atoms with E-state index in [9.17, 15) is 4.79 Å². The van der Waals surface area contributed by atoms with E-state index in [4.69, 9.17) is 0 Å². The Morgan fingerprint density at radius 1 is 1.00 bits per heavy atom. The minimum Gasteiger partial charge on any atom is -0.303 e. The van der Waals surface area contributed by atoms with Crippen LogP contribution in [0, 0.1) is 16.7 Å². The van der Waals surface area contributed by atoms with E-state index in [2.05, 4.69) is 41.5 Å². The Bertz CT molecular complexity index is 188. The van der Waals surface area contributed by atoms with Gasteiger partial charge in [0, 0.05) is 5.92 Å². The van der Waals surface area contributed by atoms with Crippen LogP contribution >= 0.6 is 0 Å². The first-order valence-electron chi connectivity index (χ1n) is 6.43. The molecule has 0 heterocycles. The summed E-state index contributed by atoms with van der Waals surface area (Å²) < 4.78 is 0. The average Bonchev–Trinajstić information content (AvgIpc) is 2.30. The normalized spacial score (nSPS) is 15.1. The molecule has 0 amide bonds. The lowest BCUT2D eigenvalue weighted by Gasteiger charge is -2.50. The molecule has 0 fully saturated rings. The van der Waals surface area contributed by atoms with Gasteiger partial charge in [-0.2, -0.15) is 0 Å². The molecule has 15 heavy (non-hydrogen) atoms. The lowest BCUT2D eigenvalue weighted by atomic mass is 9.54. The van der Waals surface area contributed by atoms with Crippen LogP contribution in [0.5, 0.6) is 0 Å². The zero-order valence-electron chi connectivity index (χ0n) is 11.4. The summed E-state index contributed by atoms with van der Waals surface area (Å²) in [6, 6.07) is 0. The molecular weight excluding hydrogens is 184 g/mol. The molecule has 0 aliphatic rings. The molecule has 0 aliphatic heterocycles. The highest BCUT2D eigenvalue weighted by Gasteiger charge is 2.46. The fraction of sp³-hybridized carbons (Fsp3) is 0.929. The van der Waals surface area contributed by atoms with Crippen LogP contribution in [0.4, 0.5) is 0 Å². The number of carbonyl (C=O) groups is 1. The summed E-state index contributed by atoms with van der Waals surface area (Å²) in [6.45, 7) is 13.4. The summed E-state index contributed by atoms with van der Waals surface area (Å²) in [6.07, 6.45) is 5.66. The van der Waals surface area contributed by atoms with Gasteiger partial charge in [-0.1, -0.05) is 54.4 Å². The molecule has 1 unspecified atom stereocenters. The molecule has 90 valence electrons. The van der Waals surface area contributed by atoms with E-state index in [0.29, 0.717) is 0 Å². The van der Waals surface area contributed by atoms with E-state index in [0.717, 1.165) is 32.0 Å². The van der Waals surface area contributed by atoms with Gasteiger partial charge in [0.05, 0.1) is 0 Å². The molecular formula is C14H28O. The first-order valence-corrected chi connectivity index (χ1v) is 6.43. The van der Waals surface area contributed by atoms with Gasteiger partial charge in [0.1, 0.15) is 6.29 Å². The Labute approximate surface area is 95.6 Å². The SMILES string of the molecule is CCC(C)(CC)C(CC)(CC)C(C)C=O. The van der Waals surface area contributed by atoms with Gasteiger partial charge in [-0.25, -0.2) is 0 Å². The largest absolute Gasteiger partial charge is 0.303 e. The second kappa shape index (κ2) is 5.67. The maximum Gasteiger partial charge on any atom is 0.123 e. The highest BCUT2D eigenvalue weighted by atomic mass is 16.1. The van der Waals surface area contributed by atoms with Crippen LogP contribution < -0.4 is 0 Å². The molecule has 0 spiro atoms. The van der Waals surface area contributed by atoms with Crippen LogP contribution in [0.1, 0.15) is 67.2 Å². The number of carbonyl (C=O) groups excluding carboxylic acids is 1. The number of hydrogen-bond acceptors (Lipinski definition) is 1. The lowest BCUT2D eigenvalue weighted by Crippen LogP contribution is -2.44. The van der Waals surface area contributed by atoms with E-state index in [1.54, 1.807) is 0 Å². The van der Waals surface area contributed by atoms with Gasteiger partial charge in [-0.15, -0.1) is 0 Å². The van der Waals surface area contributed by atoms with Crippen molar-refractivity contribution >= 4 is 6.29 Å². The third-order valence-corrected chi connectivity index (χ3v) is 5.10. The predicted octanol–water partition coefficient (Wildman–Crippen LogP) is 4.45. The van der Waals surface area contributed by atoms with Gasteiger partial charge in [0.2, 0.25) is 0 Å². The summed E-state index contributed by atoms with van der Waals surface area (Å²) in [4.78, 5) is 11.1. The number of hydrogen-bond donors (Lipinski definition) is 0. The number of rotatable bonds is 7. The fourth-order valence-corrected chi connectivity index (χ4v) is 3.38. The average molecular weight is 212 g/mol. The van der Waals surface area contributed by atoms with Crippen LogP contribution in [-0.2, 0) is 4.79 Å². The predicted molar refractivity (Wildman–Crippen MR) is 66.9 cm³/mol. The van der Waals surface area contributed by atoms with Gasteiger partial charge >= 0.3 is 0 Å². The van der Waals surface area contributed by atoms with E-state index in [-0.39, 0.29) is 16.7 Å². The van der Waals surface area contributed by atoms with Crippen LogP contribution in [0.25, 0.3) is 0 Å². The molecule has 0 N–H and O–H groups in total. The van der Waals surface area contributed by atoms with Crippen molar-refractivity contribution in [2.75, 3.05) is 0 Å². The van der Waals surface area contributed by atoms with Crippen molar-refractivity contribution in [2.24, 2.45) is 16.7 Å². The first kappa shape index (κ1) is 14.7. The van der Waals surface area contributed by atoms with E-state index in [1.807, 2.05) is 0 Å². The van der Waals surface area contributed by atoms with Gasteiger partial charge in [0.15, 0.2) is 0 Å². The molecule has 0 aromatic rings. The first-order chi connectivity index (χ1) is 6.97. The summed E-state index contributed by atoms with van der Waals surface area (Å²) in [7, 11) is 0. The summed E-state index contributed by atoms with van der Waals surface area (Å²) >= 11 is 0. The van der Waals surface area contributed by atoms with E-state index in [1.165, 1.54) is 0 Å².